The number of fused-ring (bicyclic) bond motifs is 1. The van der Waals surface area contributed by atoms with E-state index < -0.39 is 35.6 Å². The van der Waals surface area contributed by atoms with Crippen LogP contribution in [0.5, 0.6) is 0 Å². The summed E-state index contributed by atoms with van der Waals surface area (Å²) >= 11 is 0. The summed E-state index contributed by atoms with van der Waals surface area (Å²) in [4.78, 5) is 47.0. The number of ether oxygens (including phenoxy) is 2. The molecule has 1 aliphatic heterocycles. The molecule has 10 nitrogen and oxygen atoms in total. The van der Waals surface area contributed by atoms with Crippen molar-refractivity contribution in [2.45, 2.75) is 38.5 Å². The van der Waals surface area contributed by atoms with E-state index in [4.69, 9.17) is 15.2 Å². The summed E-state index contributed by atoms with van der Waals surface area (Å²) < 4.78 is 11.4. The molecule has 0 fully saturated rings. The molecule has 0 aliphatic carbocycles. The van der Waals surface area contributed by atoms with E-state index in [1.165, 1.54) is 11.1 Å². The largest absolute Gasteiger partial charge is 0.369 e. The topological polar surface area (TPSA) is 136 Å². The smallest absolute Gasteiger partial charge is 0.320 e. The Kier molecular flexibility index (Phi) is 8.58. The summed E-state index contributed by atoms with van der Waals surface area (Å²) in [5, 5.41) is 5.62. The summed E-state index contributed by atoms with van der Waals surface area (Å²) in [5.41, 5.74) is 6.78. The number of aryl methyl sites for hydroxylation is 1. The van der Waals surface area contributed by atoms with Crippen LogP contribution >= 0.6 is 0 Å². The van der Waals surface area contributed by atoms with Gasteiger partial charge in [0.15, 0.2) is 11.8 Å². The number of benzene rings is 2. The monoisotopic (exact) mass is 531 g/mol. The van der Waals surface area contributed by atoms with Gasteiger partial charge in [-0.25, -0.2) is 4.79 Å². The van der Waals surface area contributed by atoms with Crippen molar-refractivity contribution in [1.29, 1.82) is 0 Å². The van der Waals surface area contributed by atoms with Gasteiger partial charge in [-0.05, 0) is 51.1 Å². The molecule has 2 atom stereocenters. The van der Waals surface area contributed by atoms with Gasteiger partial charge in [-0.1, -0.05) is 42.0 Å². The van der Waals surface area contributed by atoms with Crippen molar-refractivity contribution in [3.05, 3.63) is 89.7 Å². The van der Waals surface area contributed by atoms with Crippen molar-refractivity contribution < 1.29 is 23.9 Å². The predicted octanol–water partition coefficient (Wildman–Crippen LogP) is 3.42. The molecule has 4 amide bonds. The Labute approximate surface area is 227 Å². The van der Waals surface area contributed by atoms with E-state index in [1.54, 1.807) is 54.6 Å². The fraction of sp³-hybridized carbons (Fsp3) is 0.310. The second-order valence-corrected chi connectivity index (χ2v) is 9.12. The number of nitrogens with zero attached hydrogens (tertiary/aromatic N) is 2. The molecule has 10 heteroatoms. The van der Waals surface area contributed by atoms with Gasteiger partial charge in [0.2, 0.25) is 5.91 Å². The third-order valence-corrected chi connectivity index (χ3v) is 6.56. The fourth-order valence-electron chi connectivity index (χ4n) is 4.91. The number of anilines is 2. The summed E-state index contributed by atoms with van der Waals surface area (Å²) in [6.45, 7) is 6.37. The number of rotatable bonds is 11. The zero-order chi connectivity index (χ0) is 28.0. The number of carbonyl (C=O) groups excluding carboxylic acids is 3. The number of hydrogen-bond donors (Lipinski definition) is 3. The first-order chi connectivity index (χ1) is 18.8. The van der Waals surface area contributed by atoms with Crippen LogP contribution in [0.4, 0.5) is 16.2 Å². The number of pyridine rings is 1. The average molecular weight is 532 g/mol. The van der Waals surface area contributed by atoms with Crippen molar-refractivity contribution in [1.82, 2.24) is 10.3 Å². The first-order valence-electron chi connectivity index (χ1n) is 12.8. The molecule has 204 valence electrons. The van der Waals surface area contributed by atoms with Crippen LogP contribution in [0.1, 0.15) is 36.6 Å². The molecule has 4 N–H and O–H groups in total. The van der Waals surface area contributed by atoms with Gasteiger partial charge in [0, 0.05) is 30.7 Å². The van der Waals surface area contributed by atoms with Crippen LogP contribution in [0.3, 0.4) is 0 Å². The third kappa shape index (κ3) is 5.62. The van der Waals surface area contributed by atoms with Gasteiger partial charge in [-0.15, -0.1) is 0 Å². The molecule has 3 aromatic rings. The number of nitrogens with two attached hydrogens (primary N) is 1. The Bertz CT molecular complexity index is 1310. The first-order valence-corrected chi connectivity index (χ1v) is 12.8. The minimum absolute atomic E-state index is 0.0360. The predicted molar refractivity (Wildman–Crippen MR) is 147 cm³/mol. The van der Waals surface area contributed by atoms with Crippen LogP contribution in [0.25, 0.3) is 0 Å². The highest BCUT2D eigenvalue weighted by molar-refractivity contribution is 6.13. The molecular formula is C29H33N5O5. The van der Waals surface area contributed by atoms with E-state index in [1.807, 2.05) is 32.9 Å². The SMILES string of the molecule is CCOC(CN1C(=O)C(NC(=O)Nc2ccc(C)cc2)(C(C(N)=O)c2ccccn2)c2ccccc21)OCC. The van der Waals surface area contributed by atoms with Crippen molar-refractivity contribution in [3.63, 3.8) is 0 Å². The van der Waals surface area contributed by atoms with Crippen LogP contribution in [0.15, 0.2) is 72.9 Å². The molecule has 0 radical (unpaired) electrons. The molecular weight excluding hydrogens is 498 g/mol. The quantitative estimate of drug-likeness (QED) is 0.325. The van der Waals surface area contributed by atoms with Crippen molar-refractivity contribution in [2.75, 3.05) is 30.0 Å². The Hall–Kier alpha value is -4.28. The van der Waals surface area contributed by atoms with E-state index in [2.05, 4.69) is 15.6 Å². The van der Waals surface area contributed by atoms with Gasteiger partial charge in [-0.3, -0.25) is 14.6 Å². The Morgan fingerprint density at radius 2 is 1.67 bits per heavy atom. The lowest BCUT2D eigenvalue weighted by Crippen LogP contribution is -2.60. The maximum Gasteiger partial charge on any atom is 0.320 e. The molecule has 0 saturated carbocycles. The van der Waals surface area contributed by atoms with Crippen LogP contribution in [-0.4, -0.2) is 48.9 Å². The molecule has 4 rings (SSSR count). The second kappa shape index (κ2) is 12.1. The second-order valence-electron chi connectivity index (χ2n) is 9.12. The maximum absolute atomic E-state index is 14.5. The summed E-state index contributed by atoms with van der Waals surface area (Å²) in [5.74, 6) is -2.69. The lowest BCUT2D eigenvalue weighted by Gasteiger charge is -2.35. The van der Waals surface area contributed by atoms with Crippen LogP contribution in [0, 0.1) is 6.92 Å². The number of aromatic nitrogens is 1. The van der Waals surface area contributed by atoms with Gasteiger partial charge in [0.05, 0.1) is 17.9 Å². The lowest BCUT2D eigenvalue weighted by atomic mass is 9.76. The fourth-order valence-corrected chi connectivity index (χ4v) is 4.91. The number of primary amides is 1. The third-order valence-electron chi connectivity index (χ3n) is 6.56. The minimum Gasteiger partial charge on any atom is -0.369 e. The highest BCUT2D eigenvalue weighted by atomic mass is 16.7. The van der Waals surface area contributed by atoms with E-state index in [0.717, 1.165) is 5.56 Å². The van der Waals surface area contributed by atoms with Crippen molar-refractivity contribution in [3.8, 4) is 0 Å². The minimum atomic E-state index is -1.89. The van der Waals surface area contributed by atoms with Crippen molar-refractivity contribution >= 4 is 29.2 Å². The van der Waals surface area contributed by atoms with Crippen LogP contribution < -0.4 is 21.3 Å². The maximum atomic E-state index is 14.5. The van der Waals surface area contributed by atoms with Crippen molar-refractivity contribution in [2.24, 2.45) is 5.73 Å². The number of nitrogens with one attached hydrogen (secondary N) is 2. The zero-order valence-corrected chi connectivity index (χ0v) is 22.2. The summed E-state index contributed by atoms with van der Waals surface area (Å²) in [7, 11) is 0. The Morgan fingerprint density at radius 1 is 1.00 bits per heavy atom. The molecule has 2 heterocycles. The molecule has 39 heavy (non-hydrogen) atoms. The zero-order valence-electron chi connectivity index (χ0n) is 22.2. The Balaban J connectivity index is 1.84. The normalized spacial score (nSPS) is 17.1. The number of urea groups is 1. The summed E-state index contributed by atoms with van der Waals surface area (Å²) in [6, 6.07) is 18.5. The van der Waals surface area contributed by atoms with Crippen LogP contribution in [0.2, 0.25) is 0 Å². The van der Waals surface area contributed by atoms with Gasteiger partial charge in [0.1, 0.15) is 5.92 Å². The average Bonchev–Trinajstić information content (AvgIpc) is 3.14. The lowest BCUT2D eigenvalue weighted by molar-refractivity contribution is -0.139. The number of amides is 4. The standard InChI is InChI=1S/C29H33N5O5/c1-4-38-24(39-5-2)18-34-23-12-7-6-10-21(23)29(27(34)36,25(26(30)35)22-11-8-9-17-31-22)33-28(37)32-20-15-13-19(3)14-16-20/h6-17,24-25H,4-5,18H2,1-3H3,(H2,30,35)(H2,32,33,37). The molecule has 0 bridgehead atoms. The van der Waals surface area contributed by atoms with Gasteiger partial charge in [-0.2, -0.15) is 0 Å². The number of carbonyl (C=O) groups is 3. The van der Waals surface area contributed by atoms with E-state index >= 15 is 0 Å². The van der Waals surface area contributed by atoms with Gasteiger partial charge >= 0.3 is 6.03 Å². The Morgan fingerprint density at radius 3 is 2.28 bits per heavy atom. The van der Waals surface area contributed by atoms with E-state index in [0.29, 0.717) is 30.2 Å². The number of para-hydroxylation sites is 1. The first kappa shape index (κ1) is 27.7. The highest BCUT2D eigenvalue weighted by Crippen LogP contribution is 2.48. The molecule has 2 unspecified atom stereocenters. The van der Waals surface area contributed by atoms with Gasteiger partial charge in [0.25, 0.3) is 5.91 Å². The molecule has 0 spiro atoms. The molecule has 1 aliphatic rings. The van der Waals surface area contributed by atoms with E-state index in [-0.39, 0.29) is 12.2 Å². The summed E-state index contributed by atoms with van der Waals surface area (Å²) in [6.07, 6.45) is 0.783. The highest BCUT2D eigenvalue weighted by Gasteiger charge is 2.60. The molecule has 0 saturated heterocycles. The van der Waals surface area contributed by atoms with Crippen LogP contribution in [-0.2, 0) is 24.6 Å². The number of hydrogen-bond acceptors (Lipinski definition) is 6. The molecule has 1 aromatic heterocycles. The van der Waals surface area contributed by atoms with E-state index in [9.17, 15) is 14.4 Å². The molecule has 2 aromatic carbocycles. The van der Waals surface area contributed by atoms with Gasteiger partial charge < -0.3 is 30.7 Å².